The maximum atomic E-state index is 14.0. The summed E-state index contributed by atoms with van der Waals surface area (Å²) in [7, 11) is 0. The van der Waals surface area contributed by atoms with Gasteiger partial charge in [0.05, 0.1) is 16.2 Å². The van der Waals surface area contributed by atoms with Gasteiger partial charge in [-0.15, -0.1) is 0 Å². The highest BCUT2D eigenvalue weighted by Crippen LogP contribution is 2.35. The van der Waals surface area contributed by atoms with Gasteiger partial charge in [-0.2, -0.15) is 13.2 Å². The lowest BCUT2D eigenvalue weighted by atomic mass is 10.1. The summed E-state index contributed by atoms with van der Waals surface area (Å²) in [5.74, 6) is -4.21. The van der Waals surface area contributed by atoms with Crippen LogP contribution in [0.4, 0.5) is 28.9 Å². The summed E-state index contributed by atoms with van der Waals surface area (Å²) in [6, 6.07) is 4.34. The molecule has 0 aliphatic heterocycles. The molecule has 132 valence electrons. The van der Waals surface area contributed by atoms with Crippen LogP contribution in [-0.2, 0) is 0 Å². The molecule has 11 heteroatoms. The number of carbonyl (C=O) groups excluding carboxylic acids is 1. The number of anilines is 1. The lowest BCUT2D eigenvalue weighted by Crippen LogP contribution is -2.16. The van der Waals surface area contributed by atoms with Crippen molar-refractivity contribution in [2.45, 2.75) is 6.61 Å². The van der Waals surface area contributed by atoms with E-state index in [2.05, 4.69) is 26.0 Å². The van der Waals surface area contributed by atoms with Gasteiger partial charge in [0.25, 0.3) is 5.91 Å². The number of nitro groups is 1. The van der Waals surface area contributed by atoms with Crippen molar-refractivity contribution >= 4 is 33.2 Å². The average molecular weight is 423 g/mol. The molecule has 0 radical (unpaired) electrons. The smallest absolute Gasteiger partial charge is 0.387 e. The van der Waals surface area contributed by atoms with Crippen molar-refractivity contribution in [1.29, 1.82) is 0 Å². The topological polar surface area (TPSA) is 81.5 Å². The Balaban J connectivity index is 2.42. The molecule has 0 saturated heterocycles. The van der Waals surface area contributed by atoms with Crippen molar-refractivity contribution in [2.75, 3.05) is 5.32 Å². The van der Waals surface area contributed by atoms with Crippen LogP contribution in [0, 0.1) is 21.7 Å². The molecule has 0 aliphatic carbocycles. The molecule has 2 rings (SSSR count). The molecule has 0 fully saturated rings. The van der Waals surface area contributed by atoms with E-state index in [1.54, 1.807) is 0 Å². The van der Waals surface area contributed by atoms with Crippen LogP contribution in [-0.4, -0.2) is 17.4 Å². The minimum Gasteiger partial charge on any atom is -0.432 e. The summed E-state index contributed by atoms with van der Waals surface area (Å²) in [6.45, 7) is -3.31. The van der Waals surface area contributed by atoms with Gasteiger partial charge in [0.1, 0.15) is 5.82 Å². The Hall–Kier alpha value is -2.69. The number of hydrogen-bond donors (Lipinski definition) is 1. The summed E-state index contributed by atoms with van der Waals surface area (Å²) >= 11 is 2.86. The van der Waals surface area contributed by atoms with Gasteiger partial charge in [0, 0.05) is 16.6 Å². The lowest BCUT2D eigenvalue weighted by Gasteiger charge is -2.14. The lowest BCUT2D eigenvalue weighted by molar-refractivity contribution is -0.387. The quantitative estimate of drug-likeness (QED) is 0.437. The predicted molar refractivity (Wildman–Crippen MR) is 81.7 cm³/mol. The van der Waals surface area contributed by atoms with Gasteiger partial charge >= 0.3 is 12.3 Å². The van der Waals surface area contributed by atoms with E-state index in [1.165, 1.54) is 0 Å². The number of nitrogens with zero attached hydrogens (tertiary/aromatic N) is 1. The molecule has 0 unspecified atom stereocenters. The fraction of sp³-hybridized carbons (Fsp3) is 0.0714. The third-order valence-electron chi connectivity index (χ3n) is 2.89. The highest BCUT2D eigenvalue weighted by molar-refractivity contribution is 9.10. The first kappa shape index (κ1) is 18.6. The summed E-state index contributed by atoms with van der Waals surface area (Å²) in [4.78, 5) is 21.8. The molecular formula is C14H7BrF4N2O4. The van der Waals surface area contributed by atoms with Crippen LogP contribution in [0.5, 0.6) is 5.75 Å². The van der Waals surface area contributed by atoms with E-state index in [0.29, 0.717) is 6.07 Å². The number of halogens is 5. The van der Waals surface area contributed by atoms with Crippen molar-refractivity contribution in [1.82, 2.24) is 0 Å². The number of carbonyl (C=O) groups is 1. The van der Waals surface area contributed by atoms with E-state index in [9.17, 15) is 32.5 Å². The van der Waals surface area contributed by atoms with Gasteiger partial charge in [-0.25, -0.2) is 4.39 Å². The van der Waals surface area contributed by atoms with E-state index < -0.39 is 51.8 Å². The normalized spacial score (nSPS) is 10.6. The summed E-state index contributed by atoms with van der Waals surface area (Å²) in [5.41, 5.74) is -2.03. The standard InChI is InChI=1S/C14H7BrF4N2O4/c15-8-4-6(16)5-10(25-14(18)19)12(8)20-13(22)7-2-1-3-9(11(7)17)21(23)24/h1-5,14H,(H,20,22). The number of alkyl halides is 2. The number of rotatable bonds is 5. The highest BCUT2D eigenvalue weighted by atomic mass is 79.9. The number of hydrogen-bond acceptors (Lipinski definition) is 4. The molecule has 0 spiro atoms. The zero-order valence-electron chi connectivity index (χ0n) is 11.9. The van der Waals surface area contributed by atoms with Crippen LogP contribution in [0.1, 0.15) is 10.4 Å². The van der Waals surface area contributed by atoms with Crippen LogP contribution < -0.4 is 10.1 Å². The molecule has 6 nitrogen and oxygen atoms in total. The molecule has 0 saturated carbocycles. The Morgan fingerprint density at radius 2 is 1.96 bits per heavy atom. The molecule has 1 N–H and O–H groups in total. The van der Waals surface area contributed by atoms with Gasteiger partial charge in [-0.1, -0.05) is 6.07 Å². The second-order valence-electron chi connectivity index (χ2n) is 4.49. The molecule has 0 bridgehead atoms. The zero-order chi connectivity index (χ0) is 18.7. The van der Waals surface area contributed by atoms with Crippen molar-refractivity contribution in [2.24, 2.45) is 0 Å². The minimum absolute atomic E-state index is 0.151. The van der Waals surface area contributed by atoms with Gasteiger partial charge in [0.2, 0.25) is 5.82 Å². The molecular weight excluding hydrogens is 416 g/mol. The fourth-order valence-corrected chi connectivity index (χ4v) is 2.39. The van der Waals surface area contributed by atoms with Crippen molar-refractivity contribution in [3.8, 4) is 5.75 Å². The molecule has 1 amide bonds. The molecule has 0 atom stereocenters. The van der Waals surface area contributed by atoms with Crippen LogP contribution in [0.2, 0.25) is 0 Å². The average Bonchev–Trinajstić information content (AvgIpc) is 2.49. The van der Waals surface area contributed by atoms with E-state index in [-0.39, 0.29) is 4.47 Å². The Labute approximate surface area is 145 Å². The maximum Gasteiger partial charge on any atom is 0.387 e. The number of amides is 1. The summed E-state index contributed by atoms with van der Waals surface area (Å²) in [5, 5.41) is 12.8. The van der Waals surface area contributed by atoms with Crippen LogP contribution in [0.25, 0.3) is 0 Å². The van der Waals surface area contributed by atoms with Crippen molar-refractivity contribution < 1.29 is 32.0 Å². The maximum absolute atomic E-state index is 14.0. The predicted octanol–water partition coefficient (Wildman–Crippen LogP) is 4.49. The third kappa shape index (κ3) is 4.24. The van der Waals surface area contributed by atoms with Gasteiger partial charge < -0.3 is 10.1 Å². The van der Waals surface area contributed by atoms with Crippen molar-refractivity contribution in [3.05, 3.63) is 62.1 Å². The second kappa shape index (κ2) is 7.47. The number of ether oxygens (including phenoxy) is 1. The monoisotopic (exact) mass is 422 g/mol. The van der Waals surface area contributed by atoms with E-state index in [1.807, 2.05) is 0 Å². The van der Waals surface area contributed by atoms with Crippen molar-refractivity contribution in [3.63, 3.8) is 0 Å². The largest absolute Gasteiger partial charge is 0.432 e. The fourth-order valence-electron chi connectivity index (χ4n) is 1.88. The van der Waals surface area contributed by atoms with Crippen LogP contribution in [0.15, 0.2) is 34.8 Å². The summed E-state index contributed by atoms with van der Waals surface area (Å²) in [6.07, 6.45) is 0. The van der Waals surface area contributed by atoms with E-state index in [0.717, 1.165) is 24.3 Å². The van der Waals surface area contributed by atoms with Gasteiger partial charge in [0.15, 0.2) is 5.75 Å². The highest BCUT2D eigenvalue weighted by Gasteiger charge is 2.24. The molecule has 0 heterocycles. The second-order valence-corrected chi connectivity index (χ2v) is 5.34. The molecule has 0 aromatic heterocycles. The number of nitro benzene ring substituents is 1. The van der Waals surface area contributed by atoms with E-state index in [4.69, 9.17) is 0 Å². The first-order chi connectivity index (χ1) is 11.7. The number of benzene rings is 2. The molecule has 0 aliphatic rings. The Morgan fingerprint density at radius 3 is 2.56 bits per heavy atom. The Morgan fingerprint density at radius 1 is 1.28 bits per heavy atom. The Kier molecular flexibility index (Phi) is 5.57. The molecule has 25 heavy (non-hydrogen) atoms. The Bertz CT molecular complexity index is 848. The zero-order valence-corrected chi connectivity index (χ0v) is 13.5. The van der Waals surface area contributed by atoms with Gasteiger partial charge in [-0.3, -0.25) is 14.9 Å². The number of nitrogens with one attached hydrogen (secondary N) is 1. The van der Waals surface area contributed by atoms with Crippen LogP contribution >= 0.6 is 15.9 Å². The first-order valence-electron chi connectivity index (χ1n) is 6.38. The van der Waals surface area contributed by atoms with Crippen LogP contribution in [0.3, 0.4) is 0 Å². The van der Waals surface area contributed by atoms with E-state index >= 15 is 0 Å². The minimum atomic E-state index is -3.31. The van der Waals surface area contributed by atoms with Gasteiger partial charge in [-0.05, 0) is 28.1 Å². The summed E-state index contributed by atoms with van der Waals surface area (Å²) < 4.78 is 56.2. The third-order valence-corrected chi connectivity index (χ3v) is 3.52. The molecule has 2 aromatic rings. The SMILES string of the molecule is O=C(Nc1c(Br)cc(F)cc1OC(F)F)c1cccc([N+](=O)[O-])c1F. The molecule has 2 aromatic carbocycles. The first-order valence-corrected chi connectivity index (χ1v) is 7.18.